The Morgan fingerprint density at radius 3 is 2.79 bits per heavy atom. The molecule has 3 aromatic rings. The number of rotatable bonds is 8. The number of hydrogen-bond acceptors (Lipinski definition) is 5. The topological polar surface area (TPSA) is 42.7 Å². The Morgan fingerprint density at radius 1 is 1.17 bits per heavy atom. The van der Waals surface area contributed by atoms with Gasteiger partial charge in [-0.15, -0.1) is 11.3 Å². The van der Waals surface area contributed by atoms with Crippen LogP contribution in [0.4, 0.5) is 5.69 Å². The molecule has 0 radical (unpaired) electrons. The van der Waals surface area contributed by atoms with Gasteiger partial charge < -0.3 is 14.1 Å². The van der Waals surface area contributed by atoms with Gasteiger partial charge in [0.1, 0.15) is 5.58 Å². The largest absolute Gasteiger partial charge is 0.464 e. The van der Waals surface area contributed by atoms with Gasteiger partial charge in [-0.1, -0.05) is 25.8 Å². The van der Waals surface area contributed by atoms with Crippen molar-refractivity contribution in [3.05, 3.63) is 56.9 Å². The van der Waals surface area contributed by atoms with Crippen molar-refractivity contribution in [2.75, 3.05) is 24.6 Å². The molecule has 1 aliphatic rings. The molecule has 2 aromatic heterocycles. The summed E-state index contributed by atoms with van der Waals surface area (Å²) >= 11 is 1.76. The van der Waals surface area contributed by atoms with Crippen LogP contribution in [-0.2, 0) is 0 Å². The summed E-state index contributed by atoms with van der Waals surface area (Å²) in [6.45, 7) is 4.84. The third-order valence-electron chi connectivity index (χ3n) is 5.69. The Morgan fingerprint density at radius 2 is 2.03 bits per heavy atom. The van der Waals surface area contributed by atoms with Crippen molar-refractivity contribution in [3.8, 4) is 5.95 Å². The average molecular weight is 412 g/mol. The number of anilines is 1. The molecular weight excluding hydrogens is 382 g/mol. The van der Waals surface area contributed by atoms with E-state index in [0.717, 1.165) is 38.0 Å². The molecule has 4 nitrogen and oxygen atoms in total. The van der Waals surface area contributed by atoms with E-state index in [4.69, 9.17) is 9.15 Å². The lowest BCUT2D eigenvalue weighted by molar-refractivity contribution is 0.223. The van der Waals surface area contributed by atoms with Gasteiger partial charge in [0.05, 0.1) is 18.1 Å². The van der Waals surface area contributed by atoms with Gasteiger partial charge in [-0.05, 0) is 55.3 Å². The third-order valence-corrected chi connectivity index (χ3v) is 6.72. The number of fused-ring (bicyclic) bond motifs is 1. The molecule has 0 spiro atoms. The van der Waals surface area contributed by atoms with Gasteiger partial charge >= 0.3 is 0 Å². The van der Waals surface area contributed by atoms with E-state index in [1.165, 1.54) is 30.2 Å². The molecule has 1 atom stereocenters. The van der Waals surface area contributed by atoms with E-state index in [1.54, 1.807) is 11.3 Å². The zero-order valence-electron chi connectivity index (χ0n) is 17.1. The van der Waals surface area contributed by atoms with E-state index in [0.29, 0.717) is 29.4 Å². The monoisotopic (exact) mass is 411 g/mol. The Hall–Kier alpha value is -2.27. The molecule has 0 saturated carbocycles. The highest BCUT2D eigenvalue weighted by Crippen LogP contribution is 2.29. The zero-order valence-corrected chi connectivity index (χ0v) is 17.9. The standard InChI is InChI=1S/C24H29NO3S/c1-2-3-8-18(23-9-7-14-29-23)17-27-24-16-21(26)20-15-19(10-11-22(20)28-24)25-12-5-4-6-13-25/h7,9-11,14-16,18H,2-6,8,12-13,17H2,1H3. The molecule has 1 aliphatic heterocycles. The number of piperidine rings is 1. The lowest BCUT2D eigenvalue weighted by Gasteiger charge is -2.28. The number of ether oxygens (including phenoxy) is 1. The van der Waals surface area contributed by atoms with Gasteiger partial charge in [-0.25, -0.2) is 0 Å². The van der Waals surface area contributed by atoms with E-state index < -0.39 is 0 Å². The van der Waals surface area contributed by atoms with E-state index in [1.807, 2.05) is 12.1 Å². The van der Waals surface area contributed by atoms with Crippen molar-refractivity contribution in [1.29, 1.82) is 0 Å². The molecule has 1 fully saturated rings. The SMILES string of the molecule is CCCCC(COc1cc(=O)c2cc(N3CCCCC3)ccc2o1)c1cccs1. The van der Waals surface area contributed by atoms with Crippen LogP contribution >= 0.6 is 11.3 Å². The maximum absolute atomic E-state index is 12.7. The number of benzene rings is 1. The predicted octanol–water partition coefficient (Wildman–Crippen LogP) is 6.20. The lowest BCUT2D eigenvalue weighted by Crippen LogP contribution is -2.29. The number of hydrogen-bond donors (Lipinski definition) is 0. The summed E-state index contributed by atoms with van der Waals surface area (Å²) < 4.78 is 11.9. The first-order chi connectivity index (χ1) is 14.2. The lowest BCUT2D eigenvalue weighted by atomic mass is 10.0. The van der Waals surface area contributed by atoms with Crippen LogP contribution in [0.2, 0.25) is 0 Å². The molecule has 29 heavy (non-hydrogen) atoms. The van der Waals surface area contributed by atoms with Crippen LogP contribution in [-0.4, -0.2) is 19.7 Å². The fraction of sp³-hybridized carbons (Fsp3) is 0.458. The molecule has 1 unspecified atom stereocenters. The normalized spacial score (nSPS) is 15.6. The first-order valence-electron chi connectivity index (χ1n) is 10.7. The second kappa shape index (κ2) is 9.49. The van der Waals surface area contributed by atoms with Crippen LogP contribution in [0.1, 0.15) is 56.2 Å². The summed E-state index contributed by atoms with van der Waals surface area (Å²) in [6, 6.07) is 11.7. The van der Waals surface area contributed by atoms with Crippen molar-refractivity contribution in [2.24, 2.45) is 0 Å². The van der Waals surface area contributed by atoms with Crippen LogP contribution < -0.4 is 15.1 Å². The molecular formula is C24H29NO3S. The fourth-order valence-electron chi connectivity index (χ4n) is 4.01. The highest BCUT2D eigenvalue weighted by molar-refractivity contribution is 7.10. The van der Waals surface area contributed by atoms with Crippen molar-refractivity contribution < 1.29 is 9.15 Å². The molecule has 0 bridgehead atoms. The first kappa shape index (κ1) is 20.0. The maximum Gasteiger partial charge on any atom is 0.288 e. The highest BCUT2D eigenvalue weighted by atomic mass is 32.1. The van der Waals surface area contributed by atoms with E-state index >= 15 is 0 Å². The minimum Gasteiger partial charge on any atom is -0.464 e. The molecule has 154 valence electrons. The minimum absolute atomic E-state index is 0.0404. The summed E-state index contributed by atoms with van der Waals surface area (Å²) in [6.07, 6.45) is 7.11. The van der Waals surface area contributed by atoms with Crippen molar-refractivity contribution >= 4 is 28.0 Å². The quantitative estimate of drug-likeness (QED) is 0.443. The first-order valence-corrected chi connectivity index (χ1v) is 11.6. The van der Waals surface area contributed by atoms with Crippen molar-refractivity contribution in [2.45, 2.75) is 51.4 Å². The summed E-state index contributed by atoms with van der Waals surface area (Å²) in [7, 11) is 0. The number of nitrogens with zero attached hydrogens (tertiary/aromatic N) is 1. The molecule has 0 N–H and O–H groups in total. The van der Waals surface area contributed by atoms with Gasteiger partial charge in [0, 0.05) is 29.6 Å². The summed E-state index contributed by atoms with van der Waals surface area (Å²) in [5.74, 6) is 0.642. The Balaban J connectivity index is 1.51. The third kappa shape index (κ3) is 4.84. The highest BCUT2D eigenvalue weighted by Gasteiger charge is 2.16. The van der Waals surface area contributed by atoms with E-state index in [-0.39, 0.29) is 5.43 Å². The molecule has 3 heterocycles. The Kier molecular flexibility index (Phi) is 6.55. The van der Waals surface area contributed by atoms with Gasteiger partial charge in [0.2, 0.25) is 0 Å². The van der Waals surface area contributed by atoms with Crippen LogP contribution in [0.25, 0.3) is 11.0 Å². The number of unbranched alkanes of at least 4 members (excludes halogenated alkanes) is 1. The number of thiophene rings is 1. The Bertz CT molecular complexity index is 973. The Labute approximate surface area is 176 Å². The molecule has 0 amide bonds. The van der Waals surface area contributed by atoms with Gasteiger partial charge in [-0.3, -0.25) is 4.79 Å². The molecule has 4 rings (SSSR count). The van der Waals surface area contributed by atoms with Crippen molar-refractivity contribution in [3.63, 3.8) is 0 Å². The van der Waals surface area contributed by atoms with Gasteiger partial charge in [0.15, 0.2) is 5.43 Å². The van der Waals surface area contributed by atoms with Crippen LogP contribution in [0.3, 0.4) is 0 Å². The van der Waals surface area contributed by atoms with E-state index in [2.05, 4.69) is 35.4 Å². The van der Waals surface area contributed by atoms with E-state index in [9.17, 15) is 4.79 Å². The summed E-state index contributed by atoms with van der Waals surface area (Å²) in [5.41, 5.74) is 1.66. The second-order valence-electron chi connectivity index (χ2n) is 7.82. The van der Waals surface area contributed by atoms with Crippen LogP contribution in [0.5, 0.6) is 5.95 Å². The van der Waals surface area contributed by atoms with Crippen LogP contribution in [0, 0.1) is 0 Å². The fourth-order valence-corrected chi connectivity index (χ4v) is 4.86. The van der Waals surface area contributed by atoms with Crippen LogP contribution in [0.15, 0.2) is 51.0 Å². The summed E-state index contributed by atoms with van der Waals surface area (Å²) in [4.78, 5) is 16.4. The molecule has 1 aromatic carbocycles. The zero-order chi connectivity index (χ0) is 20.1. The molecule has 1 saturated heterocycles. The van der Waals surface area contributed by atoms with Gasteiger partial charge in [0.25, 0.3) is 5.95 Å². The molecule has 0 aliphatic carbocycles. The average Bonchev–Trinajstić information content (AvgIpc) is 3.29. The smallest absolute Gasteiger partial charge is 0.288 e. The predicted molar refractivity (Wildman–Crippen MR) is 121 cm³/mol. The van der Waals surface area contributed by atoms with Gasteiger partial charge in [-0.2, -0.15) is 0 Å². The molecule has 5 heteroatoms. The van der Waals surface area contributed by atoms with Crippen molar-refractivity contribution in [1.82, 2.24) is 0 Å². The second-order valence-corrected chi connectivity index (χ2v) is 8.80. The summed E-state index contributed by atoms with van der Waals surface area (Å²) in [5, 5.41) is 2.73. The minimum atomic E-state index is -0.0404. The maximum atomic E-state index is 12.7.